The first-order valence-electron chi connectivity index (χ1n) is 5.12. The Labute approximate surface area is 89.4 Å². The molecule has 15 heavy (non-hydrogen) atoms. The summed E-state index contributed by atoms with van der Waals surface area (Å²) in [7, 11) is 2.07. The van der Waals surface area contributed by atoms with E-state index in [1.54, 1.807) is 6.08 Å². The van der Waals surface area contributed by atoms with E-state index in [1.807, 2.05) is 0 Å². The highest BCUT2D eigenvalue weighted by molar-refractivity contribution is 5.34. The summed E-state index contributed by atoms with van der Waals surface area (Å²) in [5, 5.41) is 0. The second kappa shape index (κ2) is 4.39. The topological polar surface area (TPSA) is 32.7 Å². The van der Waals surface area contributed by atoms with Gasteiger partial charge in [-0.1, -0.05) is 24.3 Å². The van der Waals surface area contributed by atoms with Crippen LogP contribution in [0.4, 0.5) is 0 Å². The summed E-state index contributed by atoms with van der Waals surface area (Å²) in [6.07, 6.45) is 2.58. The molecule has 0 bridgehead atoms. The SMILES string of the molecule is CN1Cc2ccccc2CC1CN=C=O. The normalized spacial score (nSPS) is 20.5. The Morgan fingerprint density at radius 2 is 2.20 bits per heavy atom. The number of carbonyl (C=O) groups excluding carboxylic acids is 1. The van der Waals surface area contributed by atoms with Gasteiger partial charge in [-0.05, 0) is 24.6 Å². The minimum absolute atomic E-state index is 0.335. The Morgan fingerprint density at radius 1 is 1.47 bits per heavy atom. The van der Waals surface area contributed by atoms with Crippen LogP contribution in [0.1, 0.15) is 11.1 Å². The third-order valence-electron chi connectivity index (χ3n) is 2.98. The van der Waals surface area contributed by atoms with Gasteiger partial charge in [0.05, 0.1) is 6.54 Å². The van der Waals surface area contributed by atoms with Crippen molar-refractivity contribution in [1.29, 1.82) is 0 Å². The lowest BCUT2D eigenvalue weighted by atomic mass is 9.94. The van der Waals surface area contributed by atoms with Crippen LogP contribution in [0.5, 0.6) is 0 Å². The van der Waals surface area contributed by atoms with Crippen LogP contribution in [-0.4, -0.2) is 30.6 Å². The third-order valence-corrected chi connectivity index (χ3v) is 2.98. The summed E-state index contributed by atoms with van der Waals surface area (Å²) < 4.78 is 0. The summed E-state index contributed by atoms with van der Waals surface area (Å²) >= 11 is 0. The smallest absolute Gasteiger partial charge is 0.234 e. The molecule has 2 rings (SSSR count). The molecule has 1 atom stereocenters. The first-order chi connectivity index (χ1) is 7.31. The van der Waals surface area contributed by atoms with Gasteiger partial charge in [-0.25, -0.2) is 9.79 Å². The zero-order valence-electron chi connectivity index (χ0n) is 8.81. The van der Waals surface area contributed by atoms with E-state index in [0.29, 0.717) is 12.6 Å². The maximum atomic E-state index is 10.1. The lowest BCUT2D eigenvalue weighted by molar-refractivity contribution is 0.221. The zero-order chi connectivity index (χ0) is 10.7. The highest BCUT2D eigenvalue weighted by Gasteiger charge is 2.22. The summed E-state index contributed by atoms with van der Waals surface area (Å²) in [5.41, 5.74) is 2.76. The van der Waals surface area contributed by atoms with Crippen molar-refractivity contribution in [2.75, 3.05) is 13.6 Å². The van der Waals surface area contributed by atoms with Crippen molar-refractivity contribution in [2.24, 2.45) is 4.99 Å². The number of rotatable bonds is 2. The predicted octanol–water partition coefficient (Wildman–Crippen LogP) is 1.38. The molecule has 1 aliphatic heterocycles. The molecule has 1 aromatic rings. The molecule has 78 valence electrons. The number of benzene rings is 1. The molecule has 0 radical (unpaired) electrons. The number of aliphatic imine (C=N–C) groups is 1. The van der Waals surface area contributed by atoms with E-state index in [2.05, 4.69) is 41.2 Å². The maximum Gasteiger partial charge on any atom is 0.234 e. The Hall–Kier alpha value is -1.44. The number of likely N-dealkylation sites (N-methyl/N-ethyl adjacent to an activating group) is 1. The number of hydrogen-bond acceptors (Lipinski definition) is 3. The second-order valence-corrected chi connectivity index (χ2v) is 3.97. The lowest BCUT2D eigenvalue weighted by Crippen LogP contribution is -2.39. The van der Waals surface area contributed by atoms with E-state index >= 15 is 0 Å². The van der Waals surface area contributed by atoms with Gasteiger partial charge in [0, 0.05) is 12.6 Å². The van der Waals surface area contributed by atoms with E-state index in [9.17, 15) is 4.79 Å². The monoisotopic (exact) mass is 202 g/mol. The molecule has 3 nitrogen and oxygen atoms in total. The third kappa shape index (κ3) is 2.14. The summed E-state index contributed by atoms with van der Waals surface area (Å²) in [6.45, 7) is 1.49. The Kier molecular flexibility index (Phi) is 2.95. The largest absolute Gasteiger partial charge is 0.297 e. The summed E-state index contributed by atoms with van der Waals surface area (Å²) in [5.74, 6) is 0. The fourth-order valence-corrected chi connectivity index (χ4v) is 2.06. The molecule has 0 aliphatic carbocycles. The average molecular weight is 202 g/mol. The van der Waals surface area contributed by atoms with Gasteiger partial charge in [-0.15, -0.1) is 0 Å². The molecule has 0 spiro atoms. The highest BCUT2D eigenvalue weighted by atomic mass is 16.1. The van der Waals surface area contributed by atoms with Crippen molar-refractivity contribution in [3.05, 3.63) is 35.4 Å². The lowest BCUT2D eigenvalue weighted by Gasteiger charge is -2.32. The average Bonchev–Trinajstić information content (AvgIpc) is 2.26. The molecule has 0 amide bonds. The van der Waals surface area contributed by atoms with Crippen LogP contribution in [0.3, 0.4) is 0 Å². The Morgan fingerprint density at radius 3 is 2.93 bits per heavy atom. The van der Waals surface area contributed by atoms with Crippen molar-refractivity contribution >= 4 is 6.08 Å². The van der Waals surface area contributed by atoms with Crippen molar-refractivity contribution in [1.82, 2.24) is 4.90 Å². The van der Waals surface area contributed by atoms with Gasteiger partial charge in [-0.2, -0.15) is 0 Å². The number of isocyanates is 1. The summed E-state index contributed by atoms with van der Waals surface area (Å²) in [4.78, 5) is 16.0. The van der Waals surface area contributed by atoms with Gasteiger partial charge >= 0.3 is 0 Å². The van der Waals surface area contributed by atoms with Crippen molar-refractivity contribution < 1.29 is 4.79 Å². The molecule has 1 aliphatic rings. The van der Waals surface area contributed by atoms with E-state index in [1.165, 1.54) is 11.1 Å². The molecule has 1 unspecified atom stereocenters. The van der Waals surface area contributed by atoms with Gasteiger partial charge in [-0.3, -0.25) is 4.90 Å². The number of fused-ring (bicyclic) bond motifs is 1. The molecule has 3 heteroatoms. The summed E-state index contributed by atoms with van der Waals surface area (Å²) in [6, 6.07) is 8.77. The van der Waals surface area contributed by atoms with E-state index in [4.69, 9.17) is 0 Å². The predicted molar refractivity (Wildman–Crippen MR) is 58.4 cm³/mol. The Bertz CT molecular complexity index is 396. The number of nitrogens with zero attached hydrogens (tertiary/aromatic N) is 2. The standard InChI is InChI=1S/C12H14N2O/c1-14-8-11-5-3-2-4-10(11)6-12(14)7-13-9-15/h2-5,12H,6-8H2,1H3. The van der Waals surface area contributed by atoms with Crippen LogP contribution in [0.25, 0.3) is 0 Å². The quantitative estimate of drug-likeness (QED) is 0.536. The molecule has 0 aromatic heterocycles. The second-order valence-electron chi connectivity index (χ2n) is 3.97. The van der Waals surface area contributed by atoms with Crippen molar-refractivity contribution in [2.45, 2.75) is 19.0 Å². The molecular formula is C12H14N2O. The molecule has 0 N–H and O–H groups in total. The molecular weight excluding hydrogens is 188 g/mol. The molecule has 0 fully saturated rings. The van der Waals surface area contributed by atoms with Crippen LogP contribution in [0, 0.1) is 0 Å². The van der Waals surface area contributed by atoms with Gasteiger partial charge < -0.3 is 0 Å². The van der Waals surface area contributed by atoms with Crippen LogP contribution in [0.15, 0.2) is 29.3 Å². The maximum absolute atomic E-state index is 10.1. The van der Waals surface area contributed by atoms with Crippen LogP contribution in [0.2, 0.25) is 0 Å². The first kappa shape index (κ1) is 10.1. The van der Waals surface area contributed by atoms with E-state index in [0.717, 1.165) is 13.0 Å². The van der Waals surface area contributed by atoms with Crippen molar-refractivity contribution in [3.63, 3.8) is 0 Å². The minimum Gasteiger partial charge on any atom is -0.297 e. The minimum atomic E-state index is 0.335. The van der Waals surface area contributed by atoms with Crippen molar-refractivity contribution in [3.8, 4) is 0 Å². The molecule has 0 saturated carbocycles. The fraction of sp³-hybridized carbons (Fsp3) is 0.417. The van der Waals surface area contributed by atoms with Crippen LogP contribution < -0.4 is 0 Å². The number of hydrogen-bond donors (Lipinski definition) is 0. The first-order valence-corrected chi connectivity index (χ1v) is 5.12. The molecule has 0 saturated heterocycles. The van der Waals surface area contributed by atoms with E-state index < -0.39 is 0 Å². The van der Waals surface area contributed by atoms with Crippen LogP contribution in [-0.2, 0) is 17.8 Å². The van der Waals surface area contributed by atoms with Crippen LogP contribution >= 0.6 is 0 Å². The van der Waals surface area contributed by atoms with Gasteiger partial charge in [0.25, 0.3) is 0 Å². The molecule has 1 aromatic carbocycles. The van der Waals surface area contributed by atoms with Gasteiger partial charge in [0.1, 0.15) is 0 Å². The zero-order valence-corrected chi connectivity index (χ0v) is 8.81. The molecule has 1 heterocycles. The Balaban J connectivity index is 2.17. The highest BCUT2D eigenvalue weighted by Crippen LogP contribution is 2.21. The fourth-order valence-electron chi connectivity index (χ4n) is 2.06. The van der Waals surface area contributed by atoms with E-state index in [-0.39, 0.29) is 0 Å². The van der Waals surface area contributed by atoms with Gasteiger partial charge in [0.2, 0.25) is 6.08 Å². The van der Waals surface area contributed by atoms with Gasteiger partial charge in [0.15, 0.2) is 0 Å².